The second kappa shape index (κ2) is 10.2. The van der Waals surface area contributed by atoms with Gasteiger partial charge in [-0.25, -0.2) is 9.78 Å². The van der Waals surface area contributed by atoms with Crippen LogP contribution in [0.4, 0.5) is 10.5 Å². The number of ether oxygens (including phenoxy) is 1. The molecule has 1 saturated heterocycles. The molecule has 8 nitrogen and oxygen atoms in total. The molecule has 3 heterocycles. The molecule has 2 aromatic heterocycles. The molecule has 1 aliphatic heterocycles. The van der Waals surface area contributed by atoms with E-state index in [1.807, 2.05) is 12.3 Å². The standard InChI is InChI=1S/C29H48N4O4Si/c1-20-13-14-21(2)33(20)25-17-24(36-10)23(18-30-25)31-15-16-32(26(34)35)29(19-31,27(4,5)6)22(3)37-38(11,12)28(7,8)9/h13-14,17-18,22H,15-16,19H2,1-12H3,(H,34,35)/t22?,29-/m1/s1. The van der Waals surface area contributed by atoms with Gasteiger partial charge in [0, 0.05) is 37.1 Å². The molecule has 0 bridgehead atoms. The number of hydrogen-bond acceptors (Lipinski definition) is 5. The summed E-state index contributed by atoms with van der Waals surface area (Å²) in [6.07, 6.45) is 0.617. The van der Waals surface area contributed by atoms with Crippen LogP contribution in [0.2, 0.25) is 18.1 Å². The Kier molecular flexibility index (Phi) is 8.08. The maximum absolute atomic E-state index is 12.7. The van der Waals surface area contributed by atoms with Crippen molar-refractivity contribution in [3.8, 4) is 11.6 Å². The van der Waals surface area contributed by atoms with Crippen molar-refractivity contribution in [3.05, 3.63) is 35.8 Å². The van der Waals surface area contributed by atoms with E-state index in [0.29, 0.717) is 25.4 Å². The number of hydrogen-bond donors (Lipinski definition) is 1. The topological polar surface area (TPSA) is 80.1 Å². The summed E-state index contributed by atoms with van der Waals surface area (Å²) in [4.78, 5) is 21.4. The monoisotopic (exact) mass is 544 g/mol. The van der Waals surface area contributed by atoms with Crippen molar-refractivity contribution in [3.63, 3.8) is 0 Å². The lowest BCUT2D eigenvalue weighted by atomic mass is 9.68. The molecule has 1 N–H and O–H groups in total. The second-order valence-corrected chi connectivity index (χ2v) is 18.0. The lowest BCUT2D eigenvalue weighted by molar-refractivity contribution is -0.0765. The van der Waals surface area contributed by atoms with Gasteiger partial charge in [-0.1, -0.05) is 41.5 Å². The van der Waals surface area contributed by atoms with Crippen LogP contribution < -0.4 is 9.64 Å². The Morgan fingerprint density at radius 1 is 1.11 bits per heavy atom. The summed E-state index contributed by atoms with van der Waals surface area (Å²) in [5, 5.41) is 10.4. The summed E-state index contributed by atoms with van der Waals surface area (Å²) in [5.41, 5.74) is 1.85. The summed E-state index contributed by atoms with van der Waals surface area (Å²) >= 11 is 0. The molecule has 1 aliphatic rings. The fraction of sp³-hybridized carbons (Fsp3) is 0.655. The van der Waals surface area contributed by atoms with E-state index >= 15 is 0 Å². The van der Waals surface area contributed by atoms with Crippen molar-refractivity contribution < 1.29 is 19.1 Å². The summed E-state index contributed by atoms with van der Waals surface area (Å²) in [5.74, 6) is 1.51. The molecule has 212 valence electrons. The molecule has 1 unspecified atom stereocenters. The van der Waals surface area contributed by atoms with Gasteiger partial charge >= 0.3 is 6.09 Å². The largest absolute Gasteiger partial charge is 0.494 e. The average Bonchev–Trinajstić information content (AvgIpc) is 3.14. The van der Waals surface area contributed by atoms with Gasteiger partial charge in [-0.15, -0.1) is 0 Å². The normalized spacial score (nSPS) is 20.0. The van der Waals surface area contributed by atoms with E-state index in [9.17, 15) is 9.90 Å². The third kappa shape index (κ3) is 5.19. The minimum absolute atomic E-state index is 0.000436. The first kappa shape index (κ1) is 30.0. The van der Waals surface area contributed by atoms with E-state index in [1.165, 1.54) is 0 Å². The fourth-order valence-corrected chi connectivity index (χ4v) is 7.07. The second-order valence-electron chi connectivity index (χ2n) is 13.2. The molecule has 0 spiro atoms. The highest BCUT2D eigenvalue weighted by Crippen LogP contribution is 2.47. The summed E-state index contributed by atoms with van der Waals surface area (Å²) < 4.78 is 14.9. The van der Waals surface area contributed by atoms with Gasteiger partial charge in [-0.3, -0.25) is 4.90 Å². The van der Waals surface area contributed by atoms with Crippen molar-refractivity contribution in [2.24, 2.45) is 5.41 Å². The lowest BCUT2D eigenvalue weighted by Crippen LogP contribution is -2.74. The quantitative estimate of drug-likeness (QED) is 0.419. The minimum Gasteiger partial charge on any atom is -0.494 e. The van der Waals surface area contributed by atoms with Gasteiger partial charge in [0.15, 0.2) is 8.32 Å². The van der Waals surface area contributed by atoms with Gasteiger partial charge in [0.25, 0.3) is 0 Å². The van der Waals surface area contributed by atoms with Crippen molar-refractivity contribution in [1.29, 1.82) is 0 Å². The number of aromatic nitrogens is 2. The summed E-state index contributed by atoms with van der Waals surface area (Å²) in [6.45, 7) is 25.0. The van der Waals surface area contributed by atoms with Crippen LogP contribution in [0, 0.1) is 19.3 Å². The van der Waals surface area contributed by atoms with Gasteiger partial charge in [0.1, 0.15) is 11.6 Å². The van der Waals surface area contributed by atoms with Crippen LogP contribution in [-0.4, -0.2) is 72.4 Å². The molecule has 1 fully saturated rings. The SMILES string of the molecule is COc1cc(-n2c(C)ccc2C)ncc1N1CCN(C(=O)O)[C@](C(C)O[Si](C)(C)C(C)(C)C)(C(C)(C)C)C1. The highest BCUT2D eigenvalue weighted by Gasteiger charge is 2.58. The predicted molar refractivity (Wildman–Crippen MR) is 156 cm³/mol. The number of amides is 1. The maximum Gasteiger partial charge on any atom is 0.407 e. The average molecular weight is 545 g/mol. The molecule has 2 aromatic rings. The zero-order valence-corrected chi connectivity index (χ0v) is 26.5. The first-order valence-corrected chi connectivity index (χ1v) is 16.4. The molecule has 0 aliphatic carbocycles. The van der Waals surface area contributed by atoms with E-state index in [-0.39, 0.29) is 11.1 Å². The first-order chi connectivity index (χ1) is 17.4. The Hall–Kier alpha value is -2.52. The Labute approximate surface area is 230 Å². The molecular weight excluding hydrogens is 496 g/mol. The van der Waals surface area contributed by atoms with Crippen LogP contribution in [0.25, 0.3) is 5.82 Å². The van der Waals surface area contributed by atoms with Crippen molar-refractivity contribution in [2.75, 3.05) is 31.6 Å². The van der Waals surface area contributed by atoms with Gasteiger partial charge in [-0.2, -0.15) is 0 Å². The number of methoxy groups -OCH3 is 1. The molecular formula is C29H48N4O4Si. The zero-order valence-electron chi connectivity index (χ0n) is 25.5. The maximum atomic E-state index is 12.7. The molecule has 9 heteroatoms. The molecule has 0 saturated carbocycles. The number of carbonyl (C=O) groups is 1. The van der Waals surface area contributed by atoms with Gasteiger partial charge in [0.05, 0.1) is 30.6 Å². The lowest BCUT2D eigenvalue weighted by Gasteiger charge is -2.60. The van der Waals surface area contributed by atoms with E-state index < -0.39 is 25.4 Å². The van der Waals surface area contributed by atoms with Crippen molar-refractivity contribution in [1.82, 2.24) is 14.5 Å². The molecule has 1 amide bonds. The number of nitrogens with zero attached hydrogens (tertiary/aromatic N) is 4. The number of aryl methyl sites for hydroxylation is 2. The number of pyridine rings is 1. The Bertz CT molecular complexity index is 1140. The molecule has 3 rings (SSSR count). The van der Waals surface area contributed by atoms with Gasteiger partial charge in [0.2, 0.25) is 0 Å². The van der Waals surface area contributed by atoms with Crippen molar-refractivity contribution >= 4 is 20.1 Å². The van der Waals surface area contributed by atoms with Crippen LogP contribution in [0.3, 0.4) is 0 Å². The van der Waals surface area contributed by atoms with Crippen LogP contribution in [0.15, 0.2) is 24.4 Å². The third-order valence-corrected chi connectivity index (χ3v) is 13.4. The van der Waals surface area contributed by atoms with Gasteiger partial charge < -0.3 is 23.7 Å². The summed E-state index contributed by atoms with van der Waals surface area (Å²) in [7, 11) is -0.516. The van der Waals surface area contributed by atoms with E-state index in [0.717, 1.165) is 22.9 Å². The molecule has 38 heavy (non-hydrogen) atoms. The Balaban J connectivity index is 2.10. The number of rotatable bonds is 6. The number of carboxylic acid groups (broad SMARTS) is 1. The first-order valence-electron chi connectivity index (χ1n) is 13.5. The Morgan fingerprint density at radius 2 is 1.68 bits per heavy atom. The number of piperazine rings is 1. The highest BCUT2D eigenvalue weighted by molar-refractivity contribution is 6.74. The van der Waals surface area contributed by atoms with Crippen molar-refractivity contribution in [2.45, 2.75) is 92.1 Å². The number of anilines is 1. The molecule has 0 aromatic carbocycles. The smallest absolute Gasteiger partial charge is 0.407 e. The summed E-state index contributed by atoms with van der Waals surface area (Å²) in [6, 6.07) is 6.11. The Morgan fingerprint density at radius 3 is 2.16 bits per heavy atom. The molecule has 2 atom stereocenters. The van der Waals surface area contributed by atoms with Crippen LogP contribution >= 0.6 is 0 Å². The third-order valence-electron chi connectivity index (χ3n) is 8.88. The van der Waals surface area contributed by atoms with Crippen LogP contribution in [-0.2, 0) is 4.43 Å². The van der Waals surface area contributed by atoms with E-state index in [1.54, 1.807) is 12.0 Å². The van der Waals surface area contributed by atoms with E-state index in [4.69, 9.17) is 14.1 Å². The molecule has 0 radical (unpaired) electrons. The minimum atomic E-state index is -2.19. The fourth-order valence-electron chi connectivity index (χ4n) is 5.64. The van der Waals surface area contributed by atoms with Crippen LogP contribution in [0.5, 0.6) is 5.75 Å². The predicted octanol–water partition coefficient (Wildman–Crippen LogP) is 6.49. The zero-order chi connectivity index (χ0) is 28.8. The van der Waals surface area contributed by atoms with Gasteiger partial charge in [-0.05, 0) is 56.5 Å². The highest BCUT2D eigenvalue weighted by atomic mass is 28.4. The van der Waals surface area contributed by atoms with E-state index in [2.05, 4.69) is 97.0 Å². The van der Waals surface area contributed by atoms with Crippen LogP contribution in [0.1, 0.15) is 59.9 Å².